The second kappa shape index (κ2) is 4.89. The molecule has 0 rings (SSSR count). The molecule has 0 aliphatic heterocycles. The zero-order valence-corrected chi connectivity index (χ0v) is 9.67. The molecule has 0 aliphatic carbocycles. The third-order valence-corrected chi connectivity index (χ3v) is 2.82. The maximum Gasteiger partial charge on any atom is 0.362 e. The molecule has 1 atom stereocenters. The Labute approximate surface area is 88.4 Å². The van der Waals surface area contributed by atoms with Gasteiger partial charge in [-0.1, -0.05) is 13.3 Å². The minimum absolute atomic E-state index is 0.0868. The van der Waals surface area contributed by atoms with Crippen molar-refractivity contribution >= 4 is 16.1 Å². The van der Waals surface area contributed by atoms with Crippen LogP contribution in [0.1, 0.15) is 33.6 Å². The average molecular weight is 242 g/mol. The van der Waals surface area contributed by atoms with Crippen molar-refractivity contribution in [3.63, 3.8) is 0 Å². The van der Waals surface area contributed by atoms with Gasteiger partial charge in [-0.2, -0.15) is 8.42 Å². The van der Waals surface area contributed by atoms with Gasteiger partial charge in [0.05, 0.1) is 6.10 Å². The molecule has 0 radical (unpaired) electrons. The predicted molar refractivity (Wildman–Crippen MR) is 51.5 cm³/mol. The fourth-order valence-corrected chi connectivity index (χ4v) is 1.68. The molecule has 5 nitrogen and oxygen atoms in total. The van der Waals surface area contributed by atoms with Gasteiger partial charge in [-0.15, -0.1) is 0 Å². The summed E-state index contributed by atoms with van der Waals surface area (Å²) in [4.78, 5) is 11.2. The van der Waals surface area contributed by atoms with Crippen LogP contribution in [-0.2, 0) is 19.6 Å². The van der Waals surface area contributed by atoms with Crippen LogP contribution >= 0.6 is 0 Å². The topological polar surface area (TPSA) is 80.7 Å². The Morgan fingerprint density at radius 3 is 2.27 bits per heavy atom. The van der Waals surface area contributed by atoms with Gasteiger partial charge in [0.1, 0.15) is 0 Å². The Balaban J connectivity index is 5.05. The fraction of sp³-hybridized carbons (Fsp3) is 0.875. The van der Waals surface area contributed by atoms with E-state index in [4.69, 9.17) is 4.55 Å². The number of ether oxygens (including phenoxy) is 1. The van der Waals surface area contributed by atoms with Gasteiger partial charge in [0.15, 0.2) is 0 Å². The van der Waals surface area contributed by atoms with E-state index in [0.717, 1.165) is 0 Å². The molecule has 15 heavy (non-hydrogen) atoms. The Hall–Kier alpha value is -0.690. The van der Waals surface area contributed by atoms with Gasteiger partial charge < -0.3 is 4.74 Å². The van der Waals surface area contributed by atoms with E-state index in [-0.39, 0.29) is 6.42 Å². The maximum absolute atomic E-state index is 13.7. The van der Waals surface area contributed by atoms with Crippen molar-refractivity contribution in [1.82, 2.24) is 0 Å². The Morgan fingerprint density at radius 1 is 1.53 bits per heavy atom. The van der Waals surface area contributed by atoms with Crippen molar-refractivity contribution in [1.29, 1.82) is 0 Å². The Bertz CT molecular complexity index is 324. The lowest BCUT2D eigenvalue weighted by Crippen LogP contribution is -2.44. The third-order valence-electron chi connectivity index (χ3n) is 1.63. The monoisotopic (exact) mass is 242 g/mol. The van der Waals surface area contributed by atoms with E-state index < -0.39 is 33.6 Å². The van der Waals surface area contributed by atoms with E-state index in [1.807, 2.05) is 0 Å². The summed E-state index contributed by atoms with van der Waals surface area (Å²) >= 11 is 0. The first-order valence-corrected chi connectivity index (χ1v) is 5.96. The molecule has 0 amide bonds. The van der Waals surface area contributed by atoms with Crippen molar-refractivity contribution in [3.8, 4) is 0 Å². The van der Waals surface area contributed by atoms with Crippen LogP contribution in [-0.4, -0.2) is 30.0 Å². The minimum Gasteiger partial charge on any atom is -0.460 e. The number of carbonyl (C=O) groups excluding carboxylic acids is 1. The number of esters is 1. The van der Waals surface area contributed by atoms with E-state index >= 15 is 0 Å². The highest BCUT2D eigenvalue weighted by Gasteiger charge is 2.52. The first kappa shape index (κ1) is 14.3. The molecule has 90 valence electrons. The van der Waals surface area contributed by atoms with Crippen LogP contribution in [0.3, 0.4) is 0 Å². The molecule has 0 saturated carbocycles. The summed E-state index contributed by atoms with van der Waals surface area (Å²) < 4.78 is 48.3. The fourth-order valence-electron chi connectivity index (χ4n) is 0.960. The van der Waals surface area contributed by atoms with Gasteiger partial charge in [0, 0.05) is 6.42 Å². The first-order valence-electron chi connectivity index (χ1n) is 4.52. The molecule has 0 aromatic rings. The van der Waals surface area contributed by atoms with Crippen LogP contribution in [0.5, 0.6) is 0 Å². The van der Waals surface area contributed by atoms with E-state index in [1.54, 1.807) is 0 Å². The van der Waals surface area contributed by atoms with Crippen molar-refractivity contribution in [3.05, 3.63) is 0 Å². The van der Waals surface area contributed by atoms with Crippen molar-refractivity contribution < 1.29 is 26.9 Å². The molecule has 0 fully saturated rings. The van der Waals surface area contributed by atoms with Crippen molar-refractivity contribution in [2.45, 2.75) is 44.7 Å². The second-order valence-corrected chi connectivity index (χ2v) is 5.00. The van der Waals surface area contributed by atoms with Crippen LogP contribution in [0.15, 0.2) is 0 Å². The summed E-state index contributed by atoms with van der Waals surface area (Å²) in [5.74, 6) is -1.57. The third kappa shape index (κ3) is 3.42. The van der Waals surface area contributed by atoms with Crippen molar-refractivity contribution in [2.24, 2.45) is 0 Å². The highest BCUT2D eigenvalue weighted by Crippen LogP contribution is 2.26. The van der Waals surface area contributed by atoms with Crippen LogP contribution in [0.25, 0.3) is 0 Å². The van der Waals surface area contributed by atoms with Gasteiger partial charge in [-0.25, -0.2) is 9.18 Å². The van der Waals surface area contributed by atoms with Gasteiger partial charge in [-0.3, -0.25) is 4.55 Å². The number of alkyl halides is 1. The molecule has 0 heterocycles. The molecular weight excluding hydrogens is 227 g/mol. The molecule has 0 saturated heterocycles. The quantitative estimate of drug-likeness (QED) is 0.580. The predicted octanol–water partition coefficient (Wildman–Crippen LogP) is 1.29. The smallest absolute Gasteiger partial charge is 0.362 e. The standard InChI is InChI=1S/C8H15FO5S/c1-4-5-8(9,15(11,12)13)7(10)14-6(2)3/h6H,4-5H2,1-3H3,(H,11,12,13). The van der Waals surface area contributed by atoms with E-state index in [0.29, 0.717) is 0 Å². The summed E-state index contributed by atoms with van der Waals surface area (Å²) in [5.41, 5.74) is 0. The van der Waals surface area contributed by atoms with Crippen LogP contribution in [0.4, 0.5) is 4.39 Å². The molecule has 0 aliphatic rings. The summed E-state index contributed by atoms with van der Waals surface area (Å²) in [5, 5.41) is -3.36. The highest BCUT2D eigenvalue weighted by atomic mass is 32.2. The SMILES string of the molecule is CCCC(F)(C(=O)OC(C)C)S(=O)(=O)O. The Morgan fingerprint density at radius 2 is 2.00 bits per heavy atom. The van der Waals surface area contributed by atoms with Gasteiger partial charge in [-0.05, 0) is 13.8 Å². The van der Waals surface area contributed by atoms with E-state index in [9.17, 15) is 17.6 Å². The zero-order valence-electron chi connectivity index (χ0n) is 8.86. The lowest BCUT2D eigenvalue weighted by Gasteiger charge is -2.20. The van der Waals surface area contributed by atoms with E-state index in [1.165, 1.54) is 20.8 Å². The lowest BCUT2D eigenvalue weighted by atomic mass is 10.2. The number of hydrogen-bond donors (Lipinski definition) is 1. The number of rotatable bonds is 5. The summed E-state index contributed by atoms with van der Waals surface area (Å²) in [6.45, 7) is 4.39. The zero-order chi connectivity index (χ0) is 12.3. The lowest BCUT2D eigenvalue weighted by molar-refractivity contribution is -0.156. The largest absolute Gasteiger partial charge is 0.460 e. The maximum atomic E-state index is 13.7. The number of carbonyl (C=O) groups is 1. The minimum atomic E-state index is -5.11. The summed E-state index contributed by atoms with van der Waals surface area (Å²) in [6, 6.07) is 0. The van der Waals surface area contributed by atoms with Crippen LogP contribution in [0.2, 0.25) is 0 Å². The molecular formula is C8H15FO5S. The van der Waals surface area contributed by atoms with Gasteiger partial charge in [0.25, 0.3) is 0 Å². The van der Waals surface area contributed by atoms with Gasteiger partial charge >= 0.3 is 21.1 Å². The molecule has 0 aromatic carbocycles. The summed E-state index contributed by atoms with van der Waals surface area (Å²) in [6.07, 6.45) is -1.19. The highest BCUT2D eigenvalue weighted by molar-refractivity contribution is 7.87. The molecule has 1 unspecified atom stereocenters. The van der Waals surface area contributed by atoms with Crippen molar-refractivity contribution in [2.75, 3.05) is 0 Å². The normalized spacial score (nSPS) is 16.1. The second-order valence-electron chi connectivity index (χ2n) is 3.41. The average Bonchev–Trinajstić information content (AvgIpc) is 2.00. The van der Waals surface area contributed by atoms with Crippen LogP contribution in [0, 0.1) is 0 Å². The number of halogens is 1. The summed E-state index contributed by atoms with van der Waals surface area (Å²) in [7, 11) is -5.11. The first-order chi connectivity index (χ1) is 6.65. The van der Waals surface area contributed by atoms with Gasteiger partial charge in [0.2, 0.25) is 0 Å². The molecule has 0 bridgehead atoms. The Kier molecular flexibility index (Phi) is 4.66. The molecule has 0 spiro atoms. The molecule has 0 aromatic heterocycles. The van der Waals surface area contributed by atoms with E-state index in [2.05, 4.69) is 4.74 Å². The number of hydrogen-bond acceptors (Lipinski definition) is 4. The molecule has 7 heteroatoms. The van der Waals surface area contributed by atoms with Crippen LogP contribution < -0.4 is 0 Å². The molecule has 1 N–H and O–H groups in total.